The third kappa shape index (κ3) is 3.63. The summed E-state index contributed by atoms with van der Waals surface area (Å²) in [5, 5.41) is 12.9. The van der Waals surface area contributed by atoms with E-state index in [1.165, 1.54) is 17.5 Å². The van der Waals surface area contributed by atoms with Crippen LogP contribution in [0.3, 0.4) is 0 Å². The molecule has 1 fully saturated rings. The van der Waals surface area contributed by atoms with Crippen LogP contribution >= 0.6 is 0 Å². The number of hydrogen-bond acceptors (Lipinski definition) is 3. The van der Waals surface area contributed by atoms with Gasteiger partial charge < -0.3 is 10.4 Å². The van der Waals surface area contributed by atoms with Crippen molar-refractivity contribution in [2.75, 3.05) is 25.0 Å². The topological polar surface area (TPSA) is 52.6 Å². The van der Waals surface area contributed by atoms with Gasteiger partial charge in [-0.3, -0.25) is 9.69 Å². The van der Waals surface area contributed by atoms with E-state index in [0.29, 0.717) is 6.54 Å². The molecule has 0 saturated carbocycles. The average Bonchev–Trinajstić information content (AvgIpc) is 2.88. The van der Waals surface area contributed by atoms with Crippen molar-refractivity contribution in [1.82, 2.24) is 4.90 Å². The van der Waals surface area contributed by atoms with Crippen molar-refractivity contribution >= 4 is 11.6 Å². The molecule has 114 valence electrons. The first-order valence-corrected chi connectivity index (χ1v) is 7.88. The second-order valence-electron chi connectivity index (χ2n) is 6.66. The molecule has 0 unspecified atom stereocenters. The number of piperidine rings is 1. The molecule has 0 radical (unpaired) electrons. The fraction of sp³-hybridized carbons (Fsp3) is 0.588. The lowest BCUT2D eigenvalue weighted by Gasteiger charge is -2.35. The van der Waals surface area contributed by atoms with Gasteiger partial charge in [-0.1, -0.05) is 6.07 Å². The van der Waals surface area contributed by atoms with Crippen molar-refractivity contribution in [3.63, 3.8) is 0 Å². The van der Waals surface area contributed by atoms with E-state index in [4.69, 9.17) is 0 Å². The minimum atomic E-state index is -0.563. The lowest BCUT2D eigenvalue weighted by Crippen LogP contribution is -2.45. The van der Waals surface area contributed by atoms with Crippen LogP contribution in [0.2, 0.25) is 0 Å². The van der Waals surface area contributed by atoms with Crippen LogP contribution in [-0.2, 0) is 17.6 Å². The number of nitrogens with one attached hydrogen (secondary N) is 1. The van der Waals surface area contributed by atoms with Crippen LogP contribution in [0.4, 0.5) is 5.69 Å². The second-order valence-corrected chi connectivity index (χ2v) is 6.66. The summed E-state index contributed by atoms with van der Waals surface area (Å²) in [5.41, 5.74) is 3.14. The van der Waals surface area contributed by atoms with Gasteiger partial charge in [0, 0.05) is 18.8 Å². The number of hydrogen-bond donors (Lipinski definition) is 2. The van der Waals surface area contributed by atoms with E-state index in [0.717, 1.165) is 44.5 Å². The molecule has 1 amide bonds. The van der Waals surface area contributed by atoms with Crippen molar-refractivity contribution in [3.05, 3.63) is 29.3 Å². The van der Waals surface area contributed by atoms with Gasteiger partial charge in [0.2, 0.25) is 5.91 Å². The number of nitrogens with zero attached hydrogens (tertiary/aromatic N) is 1. The third-order valence-electron chi connectivity index (χ3n) is 4.68. The summed E-state index contributed by atoms with van der Waals surface area (Å²) in [5.74, 6) is 0.0366. The summed E-state index contributed by atoms with van der Waals surface area (Å²) in [6.07, 6.45) is 4.98. The molecule has 2 aliphatic rings. The largest absolute Gasteiger partial charge is 0.390 e. The predicted octanol–water partition coefficient (Wildman–Crippen LogP) is 1.96. The summed E-state index contributed by atoms with van der Waals surface area (Å²) in [4.78, 5) is 14.2. The molecule has 1 aromatic rings. The number of likely N-dealkylation sites (tertiary alicyclic amines) is 1. The number of aryl methyl sites for hydroxylation is 2. The van der Waals surface area contributed by atoms with Gasteiger partial charge in [-0.25, -0.2) is 0 Å². The first-order valence-electron chi connectivity index (χ1n) is 7.88. The van der Waals surface area contributed by atoms with Crippen molar-refractivity contribution in [2.24, 2.45) is 0 Å². The van der Waals surface area contributed by atoms with Crippen LogP contribution in [0.1, 0.15) is 37.3 Å². The molecule has 1 aliphatic carbocycles. The predicted molar refractivity (Wildman–Crippen MR) is 83.4 cm³/mol. The van der Waals surface area contributed by atoms with Gasteiger partial charge in [0.1, 0.15) is 0 Å². The Balaban J connectivity index is 1.53. The summed E-state index contributed by atoms with van der Waals surface area (Å²) in [6.45, 7) is 3.84. The molecule has 21 heavy (non-hydrogen) atoms. The molecule has 4 nitrogen and oxygen atoms in total. The Morgan fingerprint density at radius 3 is 2.76 bits per heavy atom. The van der Waals surface area contributed by atoms with E-state index < -0.39 is 5.60 Å². The molecule has 1 aromatic carbocycles. The van der Waals surface area contributed by atoms with Gasteiger partial charge in [0.25, 0.3) is 0 Å². The number of carbonyl (C=O) groups excluding carboxylic acids is 1. The molecule has 4 heteroatoms. The van der Waals surface area contributed by atoms with Gasteiger partial charge >= 0.3 is 0 Å². The van der Waals surface area contributed by atoms with Crippen LogP contribution in [-0.4, -0.2) is 41.1 Å². The number of carbonyl (C=O) groups is 1. The highest BCUT2D eigenvalue weighted by atomic mass is 16.3. The first-order chi connectivity index (χ1) is 10.0. The molecule has 0 spiro atoms. The minimum Gasteiger partial charge on any atom is -0.390 e. The normalized spacial score (nSPS) is 21.0. The molecular weight excluding hydrogens is 264 g/mol. The van der Waals surface area contributed by atoms with Gasteiger partial charge in [-0.05, 0) is 62.3 Å². The molecule has 0 atom stereocenters. The van der Waals surface area contributed by atoms with Crippen molar-refractivity contribution in [2.45, 2.75) is 44.6 Å². The maximum atomic E-state index is 12.1. The number of fused-ring (bicyclic) bond motifs is 1. The molecule has 0 aromatic heterocycles. The van der Waals surface area contributed by atoms with Gasteiger partial charge in [0.15, 0.2) is 0 Å². The maximum absolute atomic E-state index is 12.1. The summed E-state index contributed by atoms with van der Waals surface area (Å²) in [7, 11) is 0. The minimum absolute atomic E-state index is 0.0366. The number of rotatable bonds is 3. The fourth-order valence-corrected chi connectivity index (χ4v) is 3.25. The highest BCUT2D eigenvalue weighted by Gasteiger charge is 2.28. The van der Waals surface area contributed by atoms with Crippen LogP contribution in [0.5, 0.6) is 0 Å². The third-order valence-corrected chi connectivity index (χ3v) is 4.68. The first kappa shape index (κ1) is 14.5. The van der Waals surface area contributed by atoms with Gasteiger partial charge in [0.05, 0.1) is 12.1 Å². The zero-order chi connectivity index (χ0) is 14.9. The molecule has 1 aliphatic heterocycles. The zero-order valence-electron chi connectivity index (χ0n) is 12.7. The average molecular weight is 288 g/mol. The second kappa shape index (κ2) is 5.78. The van der Waals surface area contributed by atoms with Crippen LogP contribution in [0.25, 0.3) is 0 Å². The number of benzene rings is 1. The Morgan fingerprint density at radius 1 is 1.29 bits per heavy atom. The monoisotopic (exact) mass is 288 g/mol. The lowest BCUT2D eigenvalue weighted by molar-refractivity contribution is -0.118. The Hall–Kier alpha value is -1.39. The highest BCUT2D eigenvalue weighted by molar-refractivity contribution is 5.92. The van der Waals surface area contributed by atoms with Crippen molar-refractivity contribution in [3.8, 4) is 0 Å². The standard InChI is InChI=1S/C17H24N2O2/c1-17(21)7-9-19(10-8-17)12-16(20)18-15-6-5-13-3-2-4-14(13)11-15/h5-6,11,21H,2-4,7-10,12H2,1H3,(H,18,20). The Bertz CT molecular complexity index is 530. The summed E-state index contributed by atoms with van der Waals surface area (Å²) < 4.78 is 0. The number of aliphatic hydroxyl groups is 1. The van der Waals surface area contributed by atoms with Crippen LogP contribution < -0.4 is 5.32 Å². The summed E-state index contributed by atoms with van der Waals surface area (Å²) >= 11 is 0. The quantitative estimate of drug-likeness (QED) is 0.894. The van der Waals surface area contributed by atoms with Crippen molar-refractivity contribution in [1.29, 1.82) is 0 Å². The number of anilines is 1. The van der Waals surface area contributed by atoms with E-state index in [1.54, 1.807) is 0 Å². The Morgan fingerprint density at radius 2 is 2.00 bits per heavy atom. The molecule has 3 rings (SSSR count). The van der Waals surface area contributed by atoms with Gasteiger partial charge in [-0.2, -0.15) is 0 Å². The van der Waals surface area contributed by atoms with Gasteiger partial charge in [-0.15, -0.1) is 0 Å². The molecule has 1 saturated heterocycles. The number of amides is 1. The Kier molecular flexibility index (Phi) is 4.00. The fourth-order valence-electron chi connectivity index (χ4n) is 3.25. The lowest BCUT2D eigenvalue weighted by atomic mass is 9.94. The smallest absolute Gasteiger partial charge is 0.238 e. The zero-order valence-corrected chi connectivity index (χ0v) is 12.7. The highest BCUT2D eigenvalue weighted by Crippen LogP contribution is 2.25. The Labute approximate surface area is 126 Å². The van der Waals surface area contributed by atoms with Crippen molar-refractivity contribution < 1.29 is 9.90 Å². The molecule has 0 bridgehead atoms. The van der Waals surface area contributed by atoms with E-state index in [9.17, 15) is 9.90 Å². The molecule has 2 N–H and O–H groups in total. The van der Waals surface area contributed by atoms with E-state index >= 15 is 0 Å². The SMILES string of the molecule is CC1(O)CCN(CC(=O)Nc2ccc3c(c2)CCC3)CC1. The maximum Gasteiger partial charge on any atom is 0.238 e. The van der Waals surface area contributed by atoms with E-state index in [-0.39, 0.29) is 5.91 Å². The van der Waals surface area contributed by atoms with Crippen LogP contribution in [0.15, 0.2) is 18.2 Å². The molecular formula is C17H24N2O2. The van der Waals surface area contributed by atoms with Crippen LogP contribution in [0, 0.1) is 0 Å². The summed E-state index contributed by atoms with van der Waals surface area (Å²) in [6, 6.07) is 6.25. The van der Waals surface area contributed by atoms with E-state index in [2.05, 4.69) is 22.3 Å². The van der Waals surface area contributed by atoms with E-state index in [1.807, 2.05) is 13.0 Å². The molecule has 1 heterocycles.